The van der Waals surface area contributed by atoms with Crippen LogP contribution in [0.5, 0.6) is 0 Å². The van der Waals surface area contributed by atoms with Crippen molar-refractivity contribution in [3.05, 3.63) is 11.1 Å². The van der Waals surface area contributed by atoms with Gasteiger partial charge in [-0.2, -0.15) is 0 Å². The number of rotatable bonds is 5. The fourth-order valence-corrected chi connectivity index (χ4v) is 4.50. The monoisotopic (exact) mass is 335 g/mol. The van der Waals surface area contributed by atoms with Crippen LogP contribution in [0.1, 0.15) is 31.4 Å². The number of nitrogens with zero attached hydrogens (tertiary/aromatic N) is 4. The highest BCUT2D eigenvalue weighted by Crippen LogP contribution is 2.32. The molecule has 1 aromatic heterocycles. The molecule has 126 valence electrons. The van der Waals surface area contributed by atoms with Crippen molar-refractivity contribution >= 4 is 22.5 Å². The molecule has 1 N–H and O–H groups in total. The Bertz CT molecular complexity index is 573. The number of piperidine rings is 1. The first-order valence-corrected chi connectivity index (χ1v) is 9.53. The Labute approximate surface area is 141 Å². The Morgan fingerprint density at radius 3 is 3.00 bits per heavy atom. The van der Waals surface area contributed by atoms with E-state index >= 15 is 0 Å². The molecule has 0 aromatic carbocycles. The van der Waals surface area contributed by atoms with Gasteiger partial charge in [-0.1, -0.05) is 0 Å². The molecule has 3 aliphatic rings. The van der Waals surface area contributed by atoms with E-state index < -0.39 is 0 Å². The van der Waals surface area contributed by atoms with Gasteiger partial charge >= 0.3 is 6.03 Å². The zero-order valence-electron chi connectivity index (χ0n) is 13.7. The lowest BCUT2D eigenvalue weighted by Crippen LogP contribution is -2.48. The first-order valence-electron chi connectivity index (χ1n) is 8.65. The van der Waals surface area contributed by atoms with E-state index in [9.17, 15) is 4.79 Å². The van der Waals surface area contributed by atoms with E-state index in [1.54, 1.807) is 11.3 Å². The number of aromatic nitrogens is 1. The van der Waals surface area contributed by atoms with Crippen LogP contribution in [-0.4, -0.2) is 66.1 Å². The molecule has 7 heteroatoms. The summed E-state index contributed by atoms with van der Waals surface area (Å²) in [6, 6.07) is 1.18. The minimum Gasteiger partial charge on any atom is -0.348 e. The molecular weight excluding hydrogens is 310 g/mol. The molecule has 0 unspecified atom stereocenters. The zero-order chi connectivity index (χ0) is 15.8. The molecule has 0 spiro atoms. The fraction of sp³-hybridized carbons (Fsp3) is 0.750. The number of carbonyl (C=O) groups is 1. The van der Waals surface area contributed by atoms with Gasteiger partial charge in [-0.05, 0) is 32.2 Å². The molecule has 4 rings (SSSR count). The summed E-state index contributed by atoms with van der Waals surface area (Å²) in [6.07, 6.45) is 4.89. The molecule has 1 atom stereocenters. The van der Waals surface area contributed by atoms with Crippen molar-refractivity contribution in [2.24, 2.45) is 0 Å². The summed E-state index contributed by atoms with van der Waals surface area (Å²) in [4.78, 5) is 23.5. The quantitative estimate of drug-likeness (QED) is 0.890. The number of likely N-dealkylation sites (tertiary alicyclic amines) is 1. The number of urea groups is 1. The molecule has 6 nitrogen and oxygen atoms in total. The van der Waals surface area contributed by atoms with Gasteiger partial charge in [0.25, 0.3) is 0 Å². The second-order valence-corrected chi connectivity index (χ2v) is 7.76. The third-order valence-electron chi connectivity index (χ3n) is 5.13. The molecule has 3 heterocycles. The Morgan fingerprint density at radius 1 is 1.39 bits per heavy atom. The molecule has 2 saturated heterocycles. The lowest BCUT2D eigenvalue weighted by molar-refractivity contribution is 0.121. The molecule has 23 heavy (non-hydrogen) atoms. The molecule has 0 bridgehead atoms. The number of anilines is 1. The van der Waals surface area contributed by atoms with Crippen molar-refractivity contribution in [2.75, 3.05) is 38.1 Å². The molecule has 0 radical (unpaired) electrons. The Kier molecular flexibility index (Phi) is 4.15. The van der Waals surface area contributed by atoms with Crippen molar-refractivity contribution in [3.63, 3.8) is 0 Å². The number of amides is 2. The van der Waals surface area contributed by atoms with Crippen LogP contribution in [0.4, 0.5) is 9.93 Å². The van der Waals surface area contributed by atoms with Gasteiger partial charge in [0.05, 0.1) is 5.69 Å². The molecule has 1 saturated carbocycles. The molecular formula is C16H25N5OS. The van der Waals surface area contributed by atoms with Crippen LogP contribution in [-0.2, 0) is 6.54 Å². The van der Waals surface area contributed by atoms with E-state index in [-0.39, 0.29) is 6.03 Å². The largest absolute Gasteiger partial charge is 0.348 e. The molecule has 2 amide bonds. The Morgan fingerprint density at radius 2 is 2.26 bits per heavy atom. The number of thiazole rings is 1. The van der Waals surface area contributed by atoms with E-state index in [0.29, 0.717) is 12.1 Å². The van der Waals surface area contributed by atoms with Gasteiger partial charge in [0.15, 0.2) is 5.13 Å². The van der Waals surface area contributed by atoms with Crippen LogP contribution < -0.4 is 10.2 Å². The van der Waals surface area contributed by atoms with Gasteiger partial charge in [-0.15, -0.1) is 11.3 Å². The maximum atomic E-state index is 11.9. The lowest BCUT2D eigenvalue weighted by atomic mass is 10.0. The summed E-state index contributed by atoms with van der Waals surface area (Å²) in [5.74, 6) is 0. The summed E-state index contributed by atoms with van der Waals surface area (Å²) in [5.41, 5.74) is 1.17. The summed E-state index contributed by atoms with van der Waals surface area (Å²) in [6.45, 7) is 4.62. The van der Waals surface area contributed by atoms with Crippen molar-refractivity contribution < 1.29 is 4.79 Å². The maximum Gasteiger partial charge on any atom is 0.317 e. The van der Waals surface area contributed by atoms with Gasteiger partial charge in [-0.25, -0.2) is 9.78 Å². The minimum absolute atomic E-state index is 0.110. The zero-order valence-corrected chi connectivity index (χ0v) is 14.5. The molecule has 1 aliphatic carbocycles. The Balaban J connectivity index is 1.35. The fourth-order valence-electron chi connectivity index (χ4n) is 3.64. The van der Waals surface area contributed by atoms with Crippen molar-refractivity contribution in [1.29, 1.82) is 0 Å². The van der Waals surface area contributed by atoms with Crippen LogP contribution in [0.15, 0.2) is 5.38 Å². The molecule has 2 aliphatic heterocycles. The highest BCUT2D eigenvalue weighted by molar-refractivity contribution is 7.13. The Hall–Kier alpha value is -1.34. The van der Waals surface area contributed by atoms with Gasteiger partial charge in [0.2, 0.25) is 0 Å². The van der Waals surface area contributed by atoms with Gasteiger partial charge in [0, 0.05) is 50.7 Å². The topological polar surface area (TPSA) is 51.7 Å². The summed E-state index contributed by atoms with van der Waals surface area (Å²) in [7, 11) is 2.16. The average molecular weight is 335 g/mol. The van der Waals surface area contributed by atoms with Crippen LogP contribution in [0.2, 0.25) is 0 Å². The summed E-state index contributed by atoms with van der Waals surface area (Å²) >= 11 is 1.75. The van der Waals surface area contributed by atoms with E-state index in [1.165, 1.54) is 18.5 Å². The average Bonchev–Trinajstić information content (AvgIpc) is 3.16. The smallest absolute Gasteiger partial charge is 0.317 e. The number of hydrogen-bond acceptors (Lipinski definition) is 5. The van der Waals surface area contributed by atoms with Crippen molar-refractivity contribution in [2.45, 2.75) is 44.3 Å². The first-order chi connectivity index (χ1) is 11.2. The number of hydrogen-bond donors (Lipinski definition) is 1. The summed E-state index contributed by atoms with van der Waals surface area (Å²) < 4.78 is 0. The maximum absolute atomic E-state index is 11.9. The predicted molar refractivity (Wildman–Crippen MR) is 91.9 cm³/mol. The highest BCUT2D eigenvalue weighted by Gasteiger charge is 2.32. The normalized spacial score (nSPS) is 25.7. The van der Waals surface area contributed by atoms with Gasteiger partial charge < -0.3 is 15.1 Å². The van der Waals surface area contributed by atoms with Gasteiger partial charge in [-0.3, -0.25) is 4.90 Å². The number of nitrogens with one attached hydrogen (secondary N) is 1. The van der Waals surface area contributed by atoms with Crippen LogP contribution in [0.25, 0.3) is 0 Å². The number of carbonyl (C=O) groups excluding carboxylic acids is 1. The second kappa shape index (κ2) is 6.28. The summed E-state index contributed by atoms with van der Waals surface area (Å²) in [5, 5.41) is 6.26. The molecule has 3 fully saturated rings. The predicted octanol–water partition coefficient (Wildman–Crippen LogP) is 1.73. The van der Waals surface area contributed by atoms with Crippen LogP contribution in [0.3, 0.4) is 0 Å². The van der Waals surface area contributed by atoms with Crippen molar-refractivity contribution in [1.82, 2.24) is 20.1 Å². The van der Waals surface area contributed by atoms with E-state index in [0.717, 1.165) is 50.7 Å². The third-order valence-corrected chi connectivity index (χ3v) is 6.11. The van der Waals surface area contributed by atoms with E-state index in [4.69, 9.17) is 4.98 Å². The lowest BCUT2D eigenvalue weighted by Gasteiger charge is -2.36. The minimum atomic E-state index is 0.110. The standard InChI is InChI=1S/C16H25N5OS/c1-19(13-4-5-13)16-18-12(11-23-16)9-20-7-2-3-14(10-20)21-8-6-17-15(21)22/h11,13-14H,2-10H2,1H3,(H,17,22)/t14-/m1/s1. The van der Waals surface area contributed by atoms with Gasteiger partial charge in [0.1, 0.15) is 0 Å². The van der Waals surface area contributed by atoms with Crippen molar-refractivity contribution in [3.8, 4) is 0 Å². The first kappa shape index (κ1) is 15.2. The second-order valence-electron chi connectivity index (χ2n) is 6.92. The van der Waals surface area contributed by atoms with E-state index in [2.05, 4.69) is 27.5 Å². The van der Waals surface area contributed by atoms with Crippen LogP contribution >= 0.6 is 11.3 Å². The van der Waals surface area contributed by atoms with Crippen LogP contribution in [0, 0.1) is 0 Å². The highest BCUT2D eigenvalue weighted by atomic mass is 32.1. The SMILES string of the molecule is CN(c1nc(CN2CCC[C@@H](N3CCNC3=O)C2)cs1)C1CC1. The third kappa shape index (κ3) is 3.30. The molecule has 1 aromatic rings. The van der Waals surface area contributed by atoms with E-state index in [1.807, 2.05) is 4.90 Å².